The number of methoxy groups -OCH3 is 1. The highest BCUT2D eigenvalue weighted by atomic mass is 16.5. The first-order valence-electron chi connectivity index (χ1n) is 5.94. The van der Waals surface area contributed by atoms with Crippen LogP contribution in [0.25, 0.3) is 0 Å². The first-order chi connectivity index (χ1) is 8.11. The maximum absolute atomic E-state index is 11.2. The number of benzene rings is 1. The number of hydrogen-bond donors (Lipinski definition) is 0. The van der Waals surface area contributed by atoms with Crippen molar-refractivity contribution in [1.82, 2.24) is 0 Å². The van der Waals surface area contributed by atoms with Gasteiger partial charge in [0.2, 0.25) is 0 Å². The Balaban J connectivity index is 2.04. The summed E-state index contributed by atoms with van der Waals surface area (Å²) in [4.78, 5) is 11.2. The molecule has 0 N–H and O–H groups in total. The molecule has 17 heavy (non-hydrogen) atoms. The second-order valence-electron chi connectivity index (χ2n) is 4.71. The molecule has 1 aromatic carbocycles. The lowest BCUT2D eigenvalue weighted by molar-refractivity contribution is -0.150. The fourth-order valence-corrected chi connectivity index (χ4v) is 1.98. The van der Waals surface area contributed by atoms with Gasteiger partial charge in [0.15, 0.2) is 11.9 Å². The summed E-state index contributed by atoms with van der Waals surface area (Å²) in [5.74, 6) is 1.41. The molecule has 0 amide bonds. The van der Waals surface area contributed by atoms with E-state index >= 15 is 0 Å². The fourth-order valence-electron chi connectivity index (χ4n) is 1.98. The topological polar surface area (TPSA) is 35.5 Å². The fraction of sp³-hybridized carbons (Fsp3) is 0.500. The maximum Gasteiger partial charge on any atom is 0.169 e. The largest absolute Gasteiger partial charge is 0.487 e. The highest BCUT2D eigenvalue weighted by Gasteiger charge is 2.41. The van der Waals surface area contributed by atoms with Crippen molar-refractivity contribution in [2.24, 2.45) is 0 Å². The van der Waals surface area contributed by atoms with E-state index in [0.717, 1.165) is 5.75 Å². The number of rotatable bonds is 4. The van der Waals surface area contributed by atoms with Gasteiger partial charge in [0.25, 0.3) is 0 Å². The average molecular weight is 234 g/mol. The third-order valence-electron chi connectivity index (χ3n) is 3.12. The Labute approximate surface area is 102 Å². The van der Waals surface area contributed by atoms with Gasteiger partial charge in [-0.2, -0.15) is 0 Å². The van der Waals surface area contributed by atoms with E-state index in [4.69, 9.17) is 9.47 Å². The van der Waals surface area contributed by atoms with Crippen molar-refractivity contribution >= 4 is 5.78 Å². The van der Waals surface area contributed by atoms with Gasteiger partial charge in [-0.25, -0.2) is 0 Å². The standard InChI is InChI=1S/C14H18O3/c1-9(2)10-5-4-6-11(7-10)17-13-8-12(15)14(13)16-3/h4-7,9,13-14H,8H2,1-3H3. The van der Waals surface area contributed by atoms with E-state index in [0.29, 0.717) is 12.3 Å². The predicted molar refractivity (Wildman–Crippen MR) is 65.4 cm³/mol. The molecular weight excluding hydrogens is 216 g/mol. The van der Waals surface area contributed by atoms with Crippen LogP contribution < -0.4 is 4.74 Å². The van der Waals surface area contributed by atoms with Crippen LogP contribution in [-0.4, -0.2) is 25.1 Å². The Hall–Kier alpha value is -1.35. The lowest BCUT2D eigenvalue weighted by Crippen LogP contribution is -2.51. The van der Waals surface area contributed by atoms with Gasteiger partial charge in [0.05, 0.1) is 0 Å². The number of carbonyl (C=O) groups excluding carboxylic acids is 1. The molecule has 0 aliphatic heterocycles. The van der Waals surface area contributed by atoms with Crippen LogP contribution in [0.2, 0.25) is 0 Å². The van der Waals surface area contributed by atoms with Crippen LogP contribution in [0, 0.1) is 0 Å². The van der Waals surface area contributed by atoms with Crippen molar-refractivity contribution < 1.29 is 14.3 Å². The molecule has 2 atom stereocenters. The van der Waals surface area contributed by atoms with E-state index in [1.807, 2.05) is 18.2 Å². The van der Waals surface area contributed by atoms with Gasteiger partial charge < -0.3 is 9.47 Å². The number of ether oxygens (including phenoxy) is 2. The lowest BCUT2D eigenvalue weighted by Gasteiger charge is -2.33. The molecule has 2 unspecified atom stereocenters. The van der Waals surface area contributed by atoms with Gasteiger partial charge in [0, 0.05) is 13.5 Å². The van der Waals surface area contributed by atoms with Crippen LogP contribution in [0.5, 0.6) is 5.75 Å². The molecule has 1 aliphatic carbocycles. The molecule has 0 heterocycles. The highest BCUT2D eigenvalue weighted by Crippen LogP contribution is 2.27. The Morgan fingerprint density at radius 3 is 2.71 bits per heavy atom. The SMILES string of the molecule is COC1C(=O)CC1Oc1cccc(C(C)C)c1. The van der Waals surface area contributed by atoms with Crippen LogP contribution in [0.15, 0.2) is 24.3 Å². The predicted octanol–water partition coefficient (Wildman–Crippen LogP) is 2.55. The normalized spacial score (nSPS) is 23.6. The van der Waals surface area contributed by atoms with Crippen molar-refractivity contribution in [3.8, 4) is 5.75 Å². The summed E-state index contributed by atoms with van der Waals surface area (Å²) >= 11 is 0. The molecule has 3 heteroatoms. The molecule has 0 spiro atoms. The van der Waals surface area contributed by atoms with E-state index in [9.17, 15) is 4.79 Å². The zero-order chi connectivity index (χ0) is 12.4. The van der Waals surface area contributed by atoms with Gasteiger partial charge in [-0.1, -0.05) is 26.0 Å². The number of Topliss-reactive ketones (excluding diaryl/α,β-unsaturated/α-hetero) is 1. The minimum Gasteiger partial charge on any atom is -0.487 e. The third-order valence-corrected chi connectivity index (χ3v) is 3.12. The summed E-state index contributed by atoms with van der Waals surface area (Å²) in [5.41, 5.74) is 1.24. The first-order valence-corrected chi connectivity index (χ1v) is 5.94. The maximum atomic E-state index is 11.2. The van der Waals surface area contributed by atoms with E-state index in [2.05, 4.69) is 19.9 Å². The molecule has 1 fully saturated rings. The summed E-state index contributed by atoms with van der Waals surface area (Å²) in [6.45, 7) is 4.29. The van der Waals surface area contributed by atoms with E-state index in [-0.39, 0.29) is 11.9 Å². The van der Waals surface area contributed by atoms with Crippen LogP contribution in [0.4, 0.5) is 0 Å². The molecule has 1 aliphatic rings. The van der Waals surface area contributed by atoms with Crippen molar-refractivity contribution in [3.63, 3.8) is 0 Å². The Morgan fingerprint density at radius 1 is 1.35 bits per heavy atom. The monoisotopic (exact) mass is 234 g/mol. The summed E-state index contributed by atoms with van der Waals surface area (Å²) in [5, 5.41) is 0. The van der Waals surface area contributed by atoms with Crippen molar-refractivity contribution in [1.29, 1.82) is 0 Å². The molecular formula is C14H18O3. The second kappa shape index (κ2) is 4.88. The highest BCUT2D eigenvalue weighted by molar-refractivity contribution is 5.90. The Bertz CT molecular complexity index is 412. The minimum atomic E-state index is -0.391. The number of carbonyl (C=O) groups is 1. The molecule has 0 saturated heterocycles. The van der Waals surface area contributed by atoms with Gasteiger partial charge in [-0.05, 0) is 23.6 Å². The Kier molecular flexibility index (Phi) is 3.48. The summed E-state index contributed by atoms with van der Waals surface area (Å²) in [6.07, 6.45) is -0.0719. The van der Waals surface area contributed by atoms with Gasteiger partial charge in [-0.3, -0.25) is 4.79 Å². The van der Waals surface area contributed by atoms with E-state index in [1.165, 1.54) is 5.56 Å². The second-order valence-corrected chi connectivity index (χ2v) is 4.71. The lowest BCUT2D eigenvalue weighted by atomic mass is 9.90. The Morgan fingerprint density at radius 2 is 2.12 bits per heavy atom. The molecule has 0 radical (unpaired) electrons. The molecule has 3 nitrogen and oxygen atoms in total. The number of ketones is 1. The zero-order valence-electron chi connectivity index (χ0n) is 10.5. The molecule has 1 saturated carbocycles. The van der Waals surface area contributed by atoms with Crippen molar-refractivity contribution in [2.75, 3.05) is 7.11 Å². The summed E-state index contributed by atoms with van der Waals surface area (Å²) < 4.78 is 10.9. The quantitative estimate of drug-likeness (QED) is 0.803. The third kappa shape index (κ3) is 2.50. The van der Waals surface area contributed by atoms with E-state index in [1.54, 1.807) is 7.11 Å². The van der Waals surface area contributed by atoms with Crippen LogP contribution >= 0.6 is 0 Å². The first kappa shape index (κ1) is 12.1. The van der Waals surface area contributed by atoms with Gasteiger partial charge in [-0.15, -0.1) is 0 Å². The van der Waals surface area contributed by atoms with Crippen molar-refractivity contribution in [3.05, 3.63) is 29.8 Å². The molecule has 0 aromatic heterocycles. The minimum absolute atomic E-state index is 0.123. The molecule has 2 rings (SSSR count). The summed E-state index contributed by atoms with van der Waals surface area (Å²) in [6, 6.07) is 8.01. The van der Waals surface area contributed by atoms with E-state index < -0.39 is 6.10 Å². The molecule has 1 aromatic rings. The molecule has 92 valence electrons. The van der Waals surface area contributed by atoms with Crippen LogP contribution in [0.3, 0.4) is 0 Å². The average Bonchev–Trinajstić information content (AvgIpc) is 2.29. The van der Waals surface area contributed by atoms with Crippen LogP contribution in [0.1, 0.15) is 31.7 Å². The van der Waals surface area contributed by atoms with Crippen molar-refractivity contribution in [2.45, 2.75) is 38.4 Å². The van der Waals surface area contributed by atoms with Gasteiger partial charge in [0.1, 0.15) is 11.9 Å². The van der Waals surface area contributed by atoms with Crippen LogP contribution in [-0.2, 0) is 9.53 Å². The van der Waals surface area contributed by atoms with Gasteiger partial charge >= 0.3 is 0 Å². The summed E-state index contributed by atoms with van der Waals surface area (Å²) in [7, 11) is 1.54. The smallest absolute Gasteiger partial charge is 0.169 e. The zero-order valence-corrected chi connectivity index (χ0v) is 10.5. The number of hydrogen-bond acceptors (Lipinski definition) is 3. The molecule has 0 bridgehead atoms.